The second kappa shape index (κ2) is 9.66. The van der Waals surface area contributed by atoms with Crippen molar-refractivity contribution in [3.63, 3.8) is 0 Å². The number of hydrogen-bond donors (Lipinski definition) is 3. The number of nitrogens with one attached hydrogen (secondary N) is 2. The zero-order chi connectivity index (χ0) is 27.9. The number of hydrogen-bond acceptors (Lipinski definition) is 8. The molecule has 14 heteroatoms. The summed E-state index contributed by atoms with van der Waals surface area (Å²) in [5.41, 5.74) is 0.738. The van der Waals surface area contributed by atoms with Gasteiger partial charge in [0.05, 0.1) is 65.0 Å². The normalized spacial score (nSPS) is 15.9. The molecule has 1 atom stereocenters. The summed E-state index contributed by atoms with van der Waals surface area (Å²) in [5, 5.41) is 32.9. The number of aromatic nitrogens is 6. The monoisotopic (exact) mass is 539 g/mol. The Kier molecular flexibility index (Phi) is 6.47. The number of nitriles is 1. The number of anilines is 2. The molecule has 0 spiro atoms. The molecule has 0 radical (unpaired) electrons. The zero-order valence-corrected chi connectivity index (χ0v) is 20.9. The van der Waals surface area contributed by atoms with Crippen LogP contribution < -0.4 is 10.6 Å². The third kappa shape index (κ3) is 5.39. The van der Waals surface area contributed by atoms with E-state index in [9.17, 15) is 23.1 Å². The molecule has 0 unspecified atom stereocenters. The molecule has 4 aromatic heterocycles. The van der Waals surface area contributed by atoms with E-state index in [0.717, 1.165) is 0 Å². The van der Waals surface area contributed by atoms with Gasteiger partial charge in [-0.05, 0) is 19.9 Å². The van der Waals surface area contributed by atoms with E-state index in [2.05, 4.69) is 30.8 Å². The average Bonchev–Trinajstić information content (AvgIpc) is 3.51. The Bertz CT molecular complexity index is 1580. The van der Waals surface area contributed by atoms with Crippen molar-refractivity contribution in [2.24, 2.45) is 0 Å². The number of fused-ring (bicyclic) bond motifs is 1. The minimum absolute atomic E-state index is 0.0678. The average molecular weight is 540 g/mol. The number of imidazole rings is 1. The first-order valence-corrected chi connectivity index (χ1v) is 12.0. The quantitative estimate of drug-likeness (QED) is 0.309. The summed E-state index contributed by atoms with van der Waals surface area (Å²) in [4.78, 5) is 21.6. The van der Waals surface area contributed by atoms with E-state index in [1.807, 2.05) is 6.07 Å². The number of halogens is 3. The molecule has 39 heavy (non-hydrogen) atoms. The lowest BCUT2D eigenvalue weighted by atomic mass is 9.88. The van der Waals surface area contributed by atoms with Crippen molar-refractivity contribution in [2.75, 3.05) is 11.9 Å². The van der Waals surface area contributed by atoms with Gasteiger partial charge < -0.3 is 15.7 Å². The van der Waals surface area contributed by atoms with Crippen molar-refractivity contribution in [1.82, 2.24) is 34.7 Å². The number of pyridine rings is 1. The topological polar surface area (TPSA) is 146 Å². The maximum atomic E-state index is 14.3. The molecule has 4 heterocycles. The van der Waals surface area contributed by atoms with E-state index in [1.54, 1.807) is 18.3 Å². The summed E-state index contributed by atoms with van der Waals surface area (Å²) in [6, 6.07) is 4.69. The fourth-order valence-corrected chi connectivity index (χ4v) is 4.09. The first-order valence-electron chi connectivity index (χ1n) is 12.0. The van der Waals surface area contributed by atoms with E-state index >= 15 is 0 Å². The number of aliphatic hydroxyl groups is 1. The number of carbonyl (C=O) groups is 1. The molecule has 1 fully saturated rings. The van der Waals surface area contributed by atoms with Crippen molar-refractivity contribution < 1.29 is 23.1 Å². The minimum Gasteiger partial charge on any atom is -0.387 e. The largest absolute Gasteiger partial charge is 0.387 e. The number of amides is 1. The summed E-state index contributed by atoms with van der Waals surface area (Å²) < 4.78 is 43.8. The highest BCUT2D eigenvalue weighted by atomic mass is 19.3. The van der Waals surface area contributed by atoms with Crippen LogP contribution in [0.25, 0.3) is 17.0 Å². The van der Waals surface area contributed by atoms with E-state index in [-0.39, 0.29) is 24.1 Å². The molecular weight excluding hydrogens is 515 g/mol. The Morgan fingerprint density at radius 2 is 2.00 bits per heavy atom. The van der Waals surface area contributed by atoms with Crippen molar-refractivity contribution in [3.05, 3.63) is 54.2 Å². The van der Waals surface area contributed by atoms with Crippen LogP contribution in [0, 0.1) is 11.3 Å². The van der Waals surface area contributed by atoms with E-state index < -0.39 is 36.2 Å². The number of alkyl halides is 3. The van der Waals surface area contributed by atoms with Gasteiger partial charge in [-0.2, -0.15) is 15.5 Å². The van der Waals surface area contributed by atoms with Crippen LogP contribution in [0.15, 0.2) is 43.1 Å². The molecule has 0 saturated heterocycles. The highest BCUT2D eigenvalue weighted by Gasteiger charge is 2.46. The maximum absolute atomic E-state index is 14.3. The summed E-state index contributed by atoms with van der Waals surface area (Å²) in [6.07, 6.45) is 4.88. The highest BCUT2D eigenvalue weighted by Crippen LogP contribution is 2.45. The van der Waals surface area contributed by atoms with Crippen LogP contribution in [-0.2, 0) is 0 Å². The lowest BCUT2D eigenvalue weighted by molar-refractivity contribution is -0.106. The van der Waals surface area contributed by atoms with Gasteiger partial charge >= 0.3 is 0 Å². The van der Waals surface area contributed by atoms with Gasteiger partial charge in [-0.1, -0.05) is 0 Å². The first kappa shape index (κ1) is 26.1. The van der Waals surface area contributed by atoms with Gasteiger partial charge in [0.15, 0.2) is 5.65 Å². The van der Waals surface area contributed by atoms with Crippen LogP contribution in [0.4, 0.5) is 24.5 Å². The van der Waals surface area contributed by atoms with Crippen LogP contribution in [-0.4, -0.2) is 64.6 Å². The highest BCUT2D eigenvalue weighted by molar-refractivity contribution is 6.00. The van der Waals surface area contributed by atoms with E-state index in [0.29, 0.717) is 28.3 Å². The Balaban J connectivity index is 1.46. The van der Waals surface area contributed by atoms with E-state index in [1.165, 1.54) is 47.8 Å². The number of rotatable bonds is 8. The lowest BCUT2D eigenvalue weighted by Gasteiger charge is -2.34. The van der Waals surface area contributed by atoms with Crippen LogP contribution >= 0.6 is 0 Å². The predicted octanol–water partition coefficient (Wildman–Crippen LogP) is 3.41. The van der Waals surface area contributed by atoms with Gasteiger partial charge in [0, 0.05) is 31.3 Å². The molecule has 1 aliphatic carbocycles. The molecule has 0 aliphatic heterocycles. The Morgan fingerprint density at radius 3 is 2.69 bits per heavy atom. The van der Waals surface area contributed by atoms with Crippen molar-refractivity contribution in [3.8, 4) is 17.5 Å². The van der Waals surface area contributed by atoms with Crippen LogP contribution in [0.1, 0.15) is 48.7 Å². The summed E-state index contributed by atoms with van der Waals surface area (Å²) in [5.74, 6) is -3.35. The van der Waals surface area contributed by atoms with E-state index in [4.69, 9.17) is 5.26 Å². The Morgan fingerprint density at radius 1 is 1.23 bits per heavy atom. The number of nitrogens with zero attached hydrogens (tertiary/aromatic N) is 7. The van der Waals surface area contributed by atoms with Crippen molar-refractivity contribution in [1.29, 1.82) is 5.26 Å². The number of carbonyl (C=O) groups excluding carboxylic acids is 1. The molecule has 0 bridgehead atoms. The van der Waals surface area contributed by atoms with Gasteiger partial charge in [-0.25, -0.2) is 22.7 Å². The zero-order valence-electron chi connectivity index (χ0n) is 20.9. The van der Waals surface area contributed by atoms with Gasteiger partial charge in [0.25, 0.3) is 11.8 Å². The van der Waals surface area contributed by atoms with Crippen molar-refractivity contribution in [2.45, 2.75) is 50.4 Å². The summed E-state index contributed by atoms with van der Waals surface area (Å²) >= 11 is 0. The molecule has 3 N–H and O–H groups in total. The van der Waals surface area contributed by atoms with Gasteiger partial charge in [0.2, 0.25) is 0 Å². The molecule has 0 aromatic carbocycles. The molecular formula is C25H24F3N9O2. The third-order valence-corrected chi connectivity index (χ3v) is 6.43. The lowest BCUT2D eigenvalue weighted by Crippen LogP contribution is -2.42. The molecule has 5 rings (SSSR count). The molecule has 1 aliphatic rings. The minimum atomic E-state index is -2.71. The molecule has 4 aromatic rings. The Labute approximate surface area is 220 Å². The standard InChI is InChI=1S/C25H24F3N9O2/c1-24(2,39)21(26)12-32-23(38)17-10-30-19(20-11-31-22-3-14(7-29)8-34-37(20)22)4-18(17)35-15-9-33-36(13-15)16-5-25(27,28)6-16/h3-4,8-11,13,16,21,39H,5-6,12H2,1-2H3,(H,30,35)(H,32,38)/t21-/m1/s1. The summed E-state index contributed by atoms with van der Waals surface area (Å²) in [7, 11) is 0. The second-order valence-corrected chi connectivity index (χ2v) is 9.97. The fourth-order valence-electron chi connectivity index (χ4n) is 4.09. The smallest absolute Gasteiger partial charge is 0.255 e. The van der Waals surface area contributed by atoms with Gasteiger partial charge in [0.1, 0.15) is 17.9 Å². The van der Waals surface area contributed by atoms with Crippen molar-refractivity contribution >= 4 is 22.9 Å². The van der Waals surface area contributed by atoms with Gasteiger partial charge in [-0.3, -0.25) is 14.5 Å². The van der Waals surface area contributed by atoms with Crippen LogP contribution in [0.5, 0.6) is 0 Å². The molecule has 11 nitrogen and oxygen atoms in total. The Hall–Kier alpha value is -4.51. The second-order valence-electron chi connectivity index (χ2n) is 9.97. The third-order valence-electron chi connectivity index (χ3n) is 6.43. The SMILES string of the molecule is CC(C)(O)[C@H](F)CNC(=O)c1cnc(-c2cnc3cc(C#N)cnn23)cc1Nc1cnn(C2CC(F)(F)C2)c1. The fraction of sp³-hybridized carbons (Fsp3) is 0.360. The van der Waals surface area contributed by atoms with Gasteiger partial charge in [-0.15, -0.1) is 0 Å². The summed E-state index contributed by atoms with van der Waals surface area (Å²) in [6.45, 7) is 2.16. The molecule has 1 saturated carbocycles. The first-order chi connectivity index (χ1) is 18.4. The molecule has 202 valence electrons. The maximum Gasteiger partial charge on any atom is 0.255 e. The molecule has 1 amide bonds. The van der Waals surface area contributed by atoms with Crippen LogP contribution in [0.2, 0.25) is 0 Å². The van der Waals surface area contributed by atoms with Crippen LogP contribution in [0.3, 0.4) is 0 Å². The predicted molar refractivity (Wildman–Crippen MR) is 133 cm³/mol.